The molecule has 1 heterocycles. The first-order valence-corrected chi connectivity index (χ1v) is 9.13. The zero-order valence-corrected chi connectivity index (χ0v) is 16.0. The maximum atomic E-state index is 13.1. The molecule has 1 aromatic heterocycles. The number of amides is 1. The van der Waals surface area contributed by atoms with Crippen LogP contribution in [0.4, 0.5) is 10.1 Å². The van der Waals surface area contributed by atoms with Crippen molar-refractivity contribution in [3.05, 3.63) is 54.3 Å². The van der Waals surface area contributed by atoms with Crippen molar-refractivity contribution in [1.82, 2.24) is 14.8 Å². The smallest absolute Gasteiger partial charge is 0.237 e. The van der Waals surface area contributed by atoms with Gasteiger partial charge in [-0.25, -0.2) is 4.39 Å². The summed E-state index contributed by atoms with van der Waals surface area (Å²) in [5.41, 5.74) is 1.37. The summed E-state index contributed by atoms with van der Waals surface area (Å²) >= 11 is 1.29. The van der Waals surface area contributed by atoms with E-state index in [0.717, 1.165) is 5.56 Å². The second-order valence-corrected chi connectivity index (χ2v) is 7.13. The highest BCUT2D eigenvalue weighted by Gasteiger charge is 2.20. The number of para-hydroxylation sites is 2. The molecule has 8 heteroatoms. The predicted octanol–water partition coefficient (Wildman–Crippen LogP) is 3.75. The summed E-state index contributed by atoms with van der Waals surface area (Å²) in [5.74, 6) is 0.725. The van der Waals surface area contributed by atoms with Crippen LogP contribution >= 0.6 is 11.8 Å². The lowest BCUT2D eigenvalue weighted by Crippen LogP contribution is -2.23. The van der Waals surface area contributed by atoms with Gasteiger partial charge in [-0.2, -0.15) is 0 Å². The van der Waals surface area contributed by atoms with Crippen molar-refractivity contribution in [3.63, 3.8) is 0 Å². The number of nitrogens with one attached hydrogen (secondary N) is 1. The summed E-state index contributed by atoms with van der Waals surface area (Å²) in [6.45, 7) is 1.79. The largest absolute Gasteiger partial charge is 0.495 e. The Bertz CT molecular complexity index is 943. The van der Waals surface area contributed by atoms with Gasteiger partial charge in [0.1, 0.15) is 11.6 Å². The number of methoxy groups -OCH3 is 1. The van der Waals surface area contributed by atoms with Gasteiger partial charge >= 0.3 is 0 Å². The molecule has 0 saturated heterocycles. The molecule has 0 aliphatic rings. The molecule has 140 valence electrons. The second kappa shape index (κ2) is 8.22. The van der Waals surface area contributed by atoms with Crippen LogP contribution in [-0.4, -0.2) is 33.0 Å². The first kappa shape index (κ1) is 18.9. The summed E-state index contributed by atoms with van der Waals surface area (Å²) in [6, 6.07) is 13.3. The molecule has 0 saturated carbocycles. The molecule has 27 heavy (non-hydrogen) atoms. The van der Waals surface area contributed by atoms with Crippen LogP contribution in [0.15, 0.2) is 53.7 Å². The molecule has 0 radical (unpaired) electrons. The molecular weight excluding hydrogens is 367 g/mol. The monoisotopic (exact) mass is 386 g/mol. The van der Waals surface area contributed by atoms with E-state index in [1.54, 1.807) is 42.9 Å². The standard InChI is InChI=1S/C19H19FN4O2S/c1-12(18(25)21-15-6-4-5-7-16(15)26-3)27-19-23-22-17(24(19)2)13-8-10-14(20)11-9-13/h4-12H,1-3H3,(H,21,25). The second-order valence-electron chi connectivity index (χ2n) is 5.82. The Morgan fingerprint density at radius 1 is 1.19 bits per heavy atom. The molecule has 1 N–H and O–H groups in total. The third-order valence-corrected chi connectivity index (χ3v) is 5.09. The van der Waals surface area contributed by atoms with Crippen molar-refractivity contribution in [2.45, 2.75) is 17.3 Å². The van der Waals surface area contributed by atoms with Crippen LogP contribution in [-0.2, 0) is 11.8 Å². The van der Waals surface area contributed by atoms with Gasteiger partial charge < -0.3 is 14.6 Å². The number of hydrogen-bond acceptors (Lipinski definition) is 5. The molecule has 1 amide bonds. The minimum Gasteiger partial charge on any atom is -0.495 e. The van der Waals surface area contributed by atoms with Gasteiger partial charge in [-0.1, -0.05) is 23.9 Å². The van der Waals surface area contributed by atoms with E-state index in [2.05, 4.69) is 15.5 Å². The first-order valence-electron chi connectivity index (χ1n) is 8.25. The fourth-order valence-electron chi connectivity index (χ4n) is 2.46. The van der Waals surface area contributed by atoms with Crippen LogP contribution in [0.3, 0.4) is 0 Å². The zero-order valence-electron chi connectivity index (χ0n) is 15.1. The molecule has 1 unspecified atom stereocenters. The summed E-state index contributed by atoms with van der Waals surface area (Å²) in [5, 5.41) is 11.4. The molecule has 3 rings (SSSR count). The number of anilines is 1. The minimum absolute atomic E-state index is 0.171. The Labute approximate surface area is 160 Å². The summed E-state index contributed by atoms with van der Waals surface area (Å²) in [4.78, 5) is 12.5. The molecule has 1 atom stereocenters. The van der Waals surface area contributed by atoms with E-state index in [1.807, 2.05) is 19.2 Å². The Hall–Kier alpha value is -2.87. The molecule has 0 bridgehead atoms. The lowest BCUT2D eigenvalue weighted by molar-refractivity contribution is -0.115. The first-order chi connectivity index (χ1) is 13.0. The molecule has 6 nitrogen and oxygen atoms in total. The van der Waals surface area contributed by atoms with Gasteiger partial charge in [-0.3, -0.25) is 4.79 Å². The third kappa shape index (κ3) is 4.28. The fraction of sp³-hybridized carbons (Fsp3) is 0.211. The molecular formula is C19H19FN4O2S. The number of carbonyl (C=O) groups is 1. The van der Waals surface area contributed by atoms with E-state index >= 15 is 0 Å². The Balaban J connectivity index is 1.71. The zero-order chi connectivity index (χ0) is 19.4. The highest BCUT2D eigenvalue weighted by atomic mass is 32.2. The normalized spacial score (nSPS) is 11.9. The molecule has 3 aromatic rings. The van der Waals surface area contributed by atoms with Crippen molar-refractivity contribution in [2.24, 2.45) is 7.05 Å². The van der Waals surface area contributed by atoms with Gasteiger partial charge in [0.15, 0.2) is 11.0 Å². The van der Waals surface area contributed by atoms with Crippen molar-refractivity contribution in [1.29, 1.82) is 0 Å². The number of carbonyl (C=O) groups excluding carboxylic acids is 1. The van der Waals surface area contributed by atoms with E-state index in [1.165, 1.54) is 23.9 Å². The lowest BCUT2D eigenvalue weighted by Gasteiger charge is -2.13. The quantitative estimate of drug-likeness (QED) is 0.654. The van der Waals surface area contributed by atoms with Gasteiger partial charge in [0, 0.05) is 12.6 Å². The van der Waals surface area contributed by atoms with Gasteiger partial charge in [0.2, 0.25) is 5.91 Å². The van der Waals surface area contributed by atoms with Crippen LogP contribution in [0.2, 0.25) is 0 Å². The summed E-state index contributed by atoms with van der Waals surface area (Å²) in [6.07, 6.45) is 0. The number of aromatic nitrogens is 3. The van der Waals surface area contributed by atoms with E-state index in [-0.39, 0.29) is 11.7 Å². The topological polar surface area (TPSA) is 69.0 Å². The van der Waals surface area contributed by atoms with Crippen LogP contribution in [0.25, 0.3) is 11.4 Å². The molecule has 0 aliphatic heterocycles. The predicted molar refractivity (Wildman–Crippen MR) is 103 cm³/mol. The van der Waals surface area contributed by atoms with Gasteiger partial charge in [0.25, 0.3) is 0 Å². The van der Waals surface area contributed by atoms with Gasteiger partial charge in [-0.05, 0) is 43.3 Å². The molecule has 0 spiro atoms. The minimum atomic E-state index is -0.404. The summed E-state index contributed by atoms with van der Waals surface area (Å²) < 4.78 is 20.1. The maximum absolute atomic E-state index is 13.1. The number of nitrogens with zero attached hydrogens (tertiary/aromatic N) is 3. The maximum Gasteiger partial charge on any atom is 0.237 e. The van der Waals surface area contributed by atoms with E-state index in [9.17, 15) is 9.18 Å². The highest BCUT2D eigenvalue weighted by Crippen LogP contribution is 2.28. The van der Waals surface area contributed by atoms with Gasteiger partial charge in [-0.15, -0.1) is 10.2 Å². The average Bonchev–Trinajstić information content (AvgIpc) is 3.03. The average molecular weight is 386 g/mol. The SMILES string of the molecule is COc1ccccc1NC(=O)C(C)Sc1nnc(-c2ccc(F)cc2)n1C. The summed E-state index contributed by atoms with van der Waals surface area (Å²) in [7, 11) is 3.37. The number of thioether (sulfide) groups is 1. The van der Waals surface area contributed by atoms with Crippen molar-refractivity contribution in [3.8, 4) is 17.1 Å². The van der Waals surface area contributed by atoms with Crippen molar-refractivity contribution < 1.29 is 13.9 Å². The number of rotatable bonds is 6. The number of hydrogen-bond donors (Lipinski definition) is 1. The number of ether oxygens (including phenoxy) is 1. The highest BCUT2D eigenvalue weighted by molar-refractivity contribution is 8.00. The molecule has 0 aliphatic carbocycles. The Kier molecular flexibility index (Phi) is 5.75. The Morgan fingerprint density at radius 2 is 1.89 bits per heavy atom. The third-order valence-electron chi connectivity index (χ3n) is 3.95. The van der Waals surface area contributed by atoms with Crippen LogP contribution < -0.4 is 10.1 Å². The lowest BCUT2D eigenvalue weighted by atomic mass is 10.2. The van der Waals surface area contributed by atoms with Gasteiger partial charge in [0.05, 0.1) is 18.0 Å². The molecule has 2 aromatic carbocycles. The molecule has 0 fully saturated rings. The number of halogens is 1. The van der Waals surface area contributed by atoms with Crippen molar-refractivity contribution in [2.75, 3.05) is 12.4 Å². The van der Waals surface area contributed by atoms with E-state index in [0.29, 0.717) is 22.4 Å². The fourth-order valence-corrected chi connectivity index (χ4v) is 3.28. The van der Waals surface area contributed by atoms with Crippen LogP contribution in [0, 0.1) is 5.82 Å². The van der Waals surface area contributed by atoms with E-state index in [4.69, 9.17) is 4.74 Å². The number of benzene rings is 2. The Morgan fingerprint density at radius 3 is 2.59 bits per heavy atom. The van der Waals surface area contributed by atoms with E-state index < -0.39 is 5.25 Å². The van der Waals surface area contributed by atoms with Crippen molar-refractivity contribution >= 4 is 23.4 Å². The van der Waals surface area contributed by atoms with Crippen LogP contribution in [0.5, 0.6) is 5.75 Å². The van der Waals surface area contributed by atoms with Crippen LogP contribution in [0.1, 0.15) is 6.92 Å².